The maximum absolute atomic E-state index is 13.2. The fourth-order valence-electron chi connectivity index (χ4n) is 3.31. The Balaban J connectivity index is 1.93. The van der Waals surface area contributed by atoms with Crippen molar-refractivity contribution in [2.24, 2.45) is 0 Å². The number of benzene rings is 3. The molecular formula is C23H19NO3S. The van der Waals surface area contributed by atoms with Gasteiger partial charge in [-0.1, -0.05) is 61.5 Å². The number of anilines is 2. The lowest BCUT2D eigenvalue weighted by molar-refractivity contribution is 0.104. The van der Waals surface area contributed by atoms with Gasteiger partial charge >= 0.3 is 0 Å². The Labute approximate surface area is 164 Å². The van der Waals surface area contributed by atoms with Crippen molar-refractivity contribution >= 4 is 27.0 Å². The van der Waals surface area contributed by atoms with Gasteiger partial charge in [-0.15, -0.1) is 0 Å². The Morgan fingerprint density at radius 1 is 0.893 bits per heavy atom. The van der Waals surface area contributed by atoms with Crippen LogP contribution in [0.25, 0.3) is 0 Å². The van der Waals surface area contributed by atoms with Crippen LogP contribution in [0.3, 0.4) is 0 Å². The molecule has 0 amide bonds. The Morgan fingerprint density at radius 2 is 1.61 bits per heavy atom. The van der Waals surface area contributed by atoms with Crippen molar-refractivity contribution in [3.63, 3.8) is 0 Å². The van der Waals surface area contributed by atoms with E-state index in [2.05, 4.69) is 6.92 Å². The van der Waals surface area contributed by atoms with Crippen LogP contribution in [0.4, 0.5) is 11.4 Å². The lowest BCUT2D eigenvalue weighted by Crippen LogP contribution is -2.25. The first-order valence-corrected chi connectivity index (χ1v) is 10.5. The first-order chi connectivity index (χ1) is 13.5. The van der Waals surface area contributed by atoms with Crippen LogP contribution in [-0.2, 0) is 16.3 Å². The van der Waals surface area contributed by atoms with Gasteiger partial charge in [0.2, 0.25) is 15.6 Å². The summed E-state index contributed by atoms with van der Waals surface area (Å²) in [5.41, 5.74) is 2.84. The van der Waals surface area contributed by atoms with E-state index in [1.165, 1.54) is 6.20 Å². The van der Waals surface area contributed by atoms with Crippen molar-refractivity contribution in [2.45, 2.75) is 18.2 Å². The lowest BCUT2D eigenvalue weighted by Gasteiger charge is -2.29. The standard InChI is InChI=1S/C23H19NO3S/c1-2-17-9-8-12-19(15-17)24-16-22(23(25)18-10-4-3-5-11-18)28(26,27)21-14-7-6-13-20(21)24/h3-16H,2H2,1H3. The van der Waals surface area contributed by atoms with Gasteiger partial charge < -0.3 is 4.90 Å². The zero-order chi connectivity index (χ0) is 19.7. The molecule has 140 valence electrons. The Kier molecular flexibility index (Phi) is 4.61. The van der Waals surface area contributed by atoms with Crippen molar-refractivity contribution in [3.8, 4) is 0 Å². The van der Waals surface area contributed by atoms with E-state index in [9.17, 15) is 13.2 Å². The summed E-state index contributed by atoms with van der Waals surface area (Å²) in [6.07, 6.45) is 2.31. The molecule has 0 bridgehead atoms. The average molecular weight is 389 g/mol. The van der Waals surface area contributed by atoms with E-state index in [1.807, 2.05) is 24.3 Å². The number of para-hydroxylation sites is 1. The van der Waals surface area contributed by atoms with Crippen LogP contribution in [0.5, 0.6) is 0 Å². The summed E-state index contributed by atoms with van der Waals surface area (Å²) in [4.78, 5) is 14.7. The zero-order valence-corrected chi connectivity index (χ0v) is 16.2. The highest BCUT2D eigenvalue weighted by molar-refractivity contribution is 7.96. The number of nitrogens with zero attached hydrogens (tertiary/aromatic N) is 1. The molecule has 0 unspecified atom stereocenters. The summed E-state index contributed by atoms with van der Waals surface area (Å²) in [6.45, 7) is 2.06. The number of aryl methyl sites for hydroxylation is 1. The van der Waals surface area contributed by atoms with Crippen LogP contribution in [0, 0.1) is 0 Å². The third-order valence-electron chi connectivity index (χ3n) is 4.81. The molecule has 1 aliphatic heterocycles. The van der Waals surface area contributed by atoms with E-state index in [-0.39, 0.29) is 9.80 Å². The van der Waals surface area contributed by atoms with E-state index in [4.69, 9.17) is 0 Å². The molecule has 0 spiro atoms. The van der Waals surface area contributed by atoms with Gasteiger partial charge in [0.15, 0.2) is 0 Å². The number of carbonyl (C=O) groups is 1. The highest BCUT2D eigenvalue weighted by Gasteiger charge is 2.35. The summed E-state index contributed by atoms with van der Waals surface area (Å²) in [5.74, 6) is -0.508. The molecule has 5 heteroatoms. The molecule has 0 aliphatic carbocycles. The molecule has 0 N–H and O–H groups in total. The molecule has 0 aromatic heterocycles. The summed E-state index contributed by atoms with van der Waals surface area (Å²) in [7, 11) is -3.92. The quantitative estimate of drug-likeness (QED) is 0.596. The minimum Gasteiger partial charge on any atom is -0.314 e. The number of Topliss-reactive ketones (excluding diaryl/α,β-unsaturated/α-hetero) is 1. The van der Waals surface area contributed by atoms with Crippen LogP contribution in [-0.4, -0.2) is 14.2 Å². The van der Waals surface area contributed by atoms with Crippen LogP contribution < -0.4 is 4.90 Å². The van der Waals surface area contributed by atoms with E-state index >= 15 is 0 Å². The number of hydrogen-bond donors (Lipinski definition) is 0. The molecule has 3 aromatic carbocycles. The number of allylic oxidation sites excluding steroid dienone is 1. The number of carbonyl (C=O) groups excluding carboxylic acids is 1. The summed E-state index contributed by atoms with van der Waals surface area (Å²) in [6, 6.07) is 23.1. The SMILES string of the molecule is CCc1cccc(N2C=C(C(=O)c3ccccc3)S(=O)(=O)c3ccccc32)c1. The Morgan fingerprint density at radius 3 is 2.36 bits per heavy atom. The maximum Gasteiger partial charge on any atom is 0.214 e. The average Bonchev–Trinajstić information content (AvgIpc) is 2.74. The van der Waals surface area contributed by atoms with Gasteiger partial charge in [-0.25, -0.2) is 8.42 Å². The number of hydrogen-bond acceptors (Lipinski definition) is 4. The van der Waals surface area contributed by atoms with Crippen LogP contribution in [0.1, 0.15) is 22.8 Å². The molecule has 1 aliphatic rings. The van der Waals surface area contributed by atoms with E-state index < -0.39 is 15.6 Å². The van der Waals surface area contributed by atoms with E-state index in [0.717, 1.165) is 17.7 Å². The summed E-state index contributed by atoms with van der Waals surface area (Å²) < 4.78 is 26.4. The third-order valence-corrected chi connectivity index (χ3v) is 6.60. The molecule has 1 heterocycles. The molecule has 3 aromatic rings. The highest BCUT2D eigenvalue weighted by atomic mass is 32.2. The monoisotopic (exact) mass is 389 g/mol. The fraction of sp³-hybridized carbons (Fsp3) is 0.0870. The van der Waals surface area contributed by atoms with Gasteiger partial charge in [0.25, 0.3) is 0 Å². The fourth-order valence-corrected chi connectivity index (χ4v) is 4.85. The van der Waals surface area contributed by atoms with E-state index in [1.54, 1.807) is 59.5 Å². The van der Waals surface area contributed by atoms with Crippen molar-refractivity contribution in [2.75, 3.05) is 4.90 Å². The van der Waals surface area contributed by atoms with Gasteiger partial charge in [-0.05, 0) is 36.2 Å². The molecule has 0 radical (unpaired) electrons. The third kappa shape index (κ3) is 3.04. The zero-order valence-electron chi connectivity index (χ0n) is 15.4. The lowest BCUT2D eigenvalue weighted by atomic mass is 10.1. The van der Waals surface area contributed by atoms with Crippen LogP contribution in [0.2, 0.25) is 0 Å². The first kappa shape index (κ1) is 18.2. The largest absolute Gasteiger partial charge is 0.314 e. The second-order valence-corrected chi connectivity index (χ2v) is 8.44. The molecule has 28 heavy (non-hydrogen) atoms. The predicted octanol–water partition coefficient (Wildman–Crippen LogP) is 4.90. The molecule has 0 fully saturated rings. The molecule has 4 rings (SSSR count). The molecule has 0 atom stereocenters. The summed E-state index contributed by atoms with van der Waals surface area (Å²) >= 11 is 0. The summed E-state index contributed by atoms with van der Waals surface area (Å²) in [5, 5.41) is 0. The van der Waals surface area contributed by atoms with Gasteiger partial charge in [-0.2, -0.15) is 0 Å². The molecular weight excluding hydrogens is 370 g/mol. The minimum absolute atomic E-state index is 0.138. The first-order valence-electron chi connectivity index (χ1n) is 9.06. The van der Waals surface area contributed by atoms with Gasteiger partial charge in [0.05, 0.1) is 10.6 Å². The van der Waals surface area contributed by atoms with Crippen molar-refractivity contribution in [1.82, 2.24) is 0 Å². The van der Waals surface area contributed by atoms with Gasteiger partial charge in [0.1, 0.15) is 4.91 Å². The predicted molar refractivity (Wildman–Crippen MR) is 110 cm³/mol. The smallest absolute Gasteiger partial charge is 0.214 e. The second-order valence-electron chi connectivity index (χ2n) is 6.55. The second kappa shape index (κ2) is 7.09. The van der Waals surface area contributed by atoms with Crippen molar-refractivity contribution < 1.29 is 13.2 Å². The maximum atomic E-state index is 13.2. The molecule has 4 nitrogen and oxygen atoms in total. The Bertz CT molecular complexity index is 1180. The van der Waals surface area contributed by atoms with E-state index in [0.29, 0.717) is 11.3 Å². The van der Waals surface area contributed by atoms with Gasteiger partial charge in [-0.3, -0.25) is 4.79 Å². The van der Waals surface area contributed by atoms with Crippen molar-refractivity contribution in [1.29, 1.82) is 0 Å². The topological polar surface area (TPSA) is 54.5 Å². The normalized spacial score (nSPS) is 14.9. The Hall–Kier alpha value is -3.18. The minimum atomic E-state index is -3.92. The highest BCUT2D eigenvalue weighted by Crippen LogP contribution is 2.40. The molecule has 0 saturated carbocycles. The number of rotatable bonds is 4. The number of fused-ring (bicyclic) bond motifs is 1. The number of ketones is 1. The van der Waals surface area contributed by atoms with Crippen LogP contribution in [0.15, 0.2) is 94.9 Å². The molecule has 0 saturated heterocycles. The van der Waals surface area contributed by atoms with Crippen molar-refractivity contribution in [3.05, 3.63) is 101 Å². The van der Waals surface area contributed by atoms with Crippen LogP contribution >= 0.6 is 0 Å². The number of sulfone groups is 1. The van der Waals surface area contributed by atoms with Gasteiger partial charge in [0, 0.05) is 17.5 Å².